The maximum Gasteiger partial charge on any atom is 0.290 e. The van der Waals surface area contributed by atoms with Gasteiger partial charge in [-0.3, -0.25) is 4.79 Å². The summed E-state index contributed by atoms with van der Waals surface area (Å²) in [6, 6.07) is 8.74. The standard InChI is InChI=1S/C22H20N6O4S/c1-32-18-5-6-20-16(8-18)10-28(33(20,30)31)22(29)19-13-27(25-24-19)12-17-11-26-9-15(14-2-3-14)4-7-21(26)23-17/h4-9,11,13-14H,2-3,10,12H2,1H3. The summed E-state index contributed by atoms with van der Waals surface area (Å²) >= 11 is 0. The molecule has 0 atom stereocenters. The summed E-state index contributed by atoms with van der Waals surface area (Å²) in [6.45, 7) is 0.237. The second kappa shape index (κ2) is 7.14. The Bertz CT molecular complexity index is 1520. The quantitative estimate of drug-likeness (QED) is 0.445. The second-order valence-corrected chi connectivity index (χ2v) is 10.2. The number of fused-ring (bicyclic) bond motifs is 2. The van der Waals surface area contributed by atoms with Crippen LogP contribution in [-0.2, 0) is 23.1 Å². The van der Waals surface area contributed by atoms with Gasteiger partial charge in [0.15, 0.2) is 5.69 Å². The Morgan fingerprint density at radius 2 is 2.00 bits per heavy atom. The predicted octanol–water partition coefficient (Wildman–Crippen LogP) is 2.20. The van der Waals surface area contributed by atoms with E-state index in [-0.39, 0.29) is 17.1 Å². The lowest BCUT2D eigenvalue weighted by Crippen LogP contribution is -2.31. The van der Waals surface area contributed by atoms with E-state index in [1.54, 1.807) is 12.1 Å². The van der Waals surface area contributed by atoms with Gasteiger partial charge < -0.3 is 9.14 Å². The van der Waals surface area contributed by atoms with Gasteiger partial charge in [0, 0.05) is 12.4 Å². The Balaban J connectivity index is 1.22. The lowest BCUT2D eigenvalue weighted by molar-refractivity contribution is 0.0854. The number of imidazole rings is 1. The normalized spacial score (nSPS) is 16.8. The minimum absolute atomic E-state index is 0.0434. The predicted molar refractivity (Wildman–Crippen MR) is 116 cm³/mol. The molecule has 0 spiro atoms. The molecule has 4 heterocycles. The van der Waals surface area contributed by atoms with Crippen molar-refractivity contribution in [2.75, 3.05) is 7.11 Å². The number of rotatable bonds is 5. The van der Waals surface area contributed by atoms with Gasteiger partial charge in [-0.2, -0.15) is 0 Å². The third-order valence-corrected chi connectivity index (χ3v) is 7.86. The van der Waals surface area contributed by atoms with E-state index in [0.717, 1.165) is 15.6 Å². The summed E-state index contributed by atoms with van der Waals surface area (Å²) in [5.74, 6) is 0.458. The summed E-state index contributed by atoms with van der Waals surface area (Å²) < 4.78 is 35.2. The van der Waals surface area contributed by atoms with Crippen LogP contribution < -0.4 is 4.74 Å². The van der Waals surface area contributed by atoms with Gasteiger partial charge >= 0.3 is 0 Å². The number of carbonyl (C=O) groups is 1. The molecule has 0 saturated heterocycles. The van der Waals surface area contributed by atoms with Gasteiger partial charge in [0.05, 0.1) is 37.0 Å². The van der Waals surface area contributed by atoms with Crippen LogP contribution in [0.25, 0.3) is 5.65 Å². The molecule has 0 bridgehead atoms. The number of nitrogens with zero attached hydrogens (tertiary/aromatic N) is 6. The van der Waals surface area contributed by atoms with E-state index in [9.17, 15) is 13.2 Å². The van der Waals surface area contributed by atoms with Crippen LogP contribution in [0.4, 0.5) is 0 Å². The number of hydrogen-bond acceptors (Lipinski definition) is 7. The maximum atomic E-state index is 13.0. The van der Waals surface area contributed by atoms with E-state index >= 15 is 0 Å². The van der Waals surface area contributed by atoms with Gasteiger partial charge in [0.25, 0.3) is 15.9 Å². The summed E-state index contributed by atoms with van der Waals surface area (Å²) in [4.78, 5) is 17.7. The molecular formula is C22H20N6O4S. The molecule has 3 aromatic heterocycles. The van der Waals surface area contributed by atoms with Crippen molar-refractivity contribution in [3.63, 3.8) is 0 Å². The molecule has 1 saturated carbocycles. The van der Waals surface area contributed by atoms with Gasteiger partial charge in [-0.1, -0.05) is 11.3 Å². The summed E-state index contributed by atoms with van der Waals surface area (Å²) in [5.41, 5.74) is 3.37. The molecule has 0 N–H and O–H groups in total. The molecule has 1 fully saturated rings. The van der Waals surface area contributed by atoms with Crippen LogP contribution in [0, 0.1) is 0 Å². The van der Waals surface area contributed by atoms with E-state index in [1.165, 1.54) is 42.5 Å². The smallest absolute Gasteiger partial charge is 0.290 e. The van der Waals surface area contributed by atoms with Crippen LogP contribution in [0.5, 0.6) is 5.75 Å². The van der Waals surface area contributed by atoms with Crippen LogP contribution in [0.1, 0.15) is 46.1 Å². The van der Waals surface area contributed by atoms with Crippen molar-refractivity contribution in [3.8, 4) is 5.75 Å². The Morgan fingerprint density at radius 3 is 2.79 bits per heavy atom. The molecule has 33 heavy (non-hydrogen) atoms. The second-order valence-electron chi connectivity index (χ2n) is 8.33. The van der Waals surface area contributed by atoms with Crippen molar-refractivity contribution in [1.29, 1.82) is 0 Å². The largest absolute Gasteiger partial charge is 0.497 e. The maximum absolute atomic E-state index is 13.0. The summed E-state index contributed by atoms with van der Waals surface area (Å²) in [6.07, 6.45) is 7.94. The van der Waals surface area contributed by atoms with Crippen LogP contribution in [0.3, 0.4) is 0 Å². The highest BCUT2D eigenvalue weighted by molar-refractivity contribution is 7.90. The molecule has 4 aromatic rings. The first-order chi connectivity index (χ1) is 15.9. The fourth-order valence-electron chi connectivity index (χ4n) is 4.16. The van der Waals surface area contributed by atoms with E-state index in [4.69, 9.17) is 4.74 Å². The molecule has 1 aliphatic heterocycles. The van der Waals surface area contributed by atoms with Crippen molar-refractivity contribution < 1.29 is 17.9 Å². The minimum atomic E-state index is -3.96. The van der Waals surface area contributed by atoms with Crippen LogP contribution in [0.2, 0.25) is 0 Å². The molecule has 1 aromatic carbocycles. The molecule has 11 heteroatoms. The zero-order chi connectivity index (χ0) is 22.7. The van der Waals surface area contributed by atoms with Crippen molar-refractivity contribution in [2.45, 2.75) is 36.7 Å². The molecule has 0 radical (unpaired) electrons. The number of carbonyl (C=O) groups excluding carboxylic acids is 1. The van der Waals surface area contributed by atoms with Gasteiger partial charge in [-0.25, -0.2) is 22.4 Å². The first-order valence-electron chi connectivity index (χ1n) is 10.5. The molecule has 1 aliphatic carbocycles. The fourth-order valence-corrected chi connectivity index (χ4v) is 5.71. The van der Waals surface area contributed by atoms with Gasteiger partial charge in [-0.15, -0.1) is 5.10 Å². The third kappa shape index (κ3) is 3.35. The number of methoxy groups -OCH3 is 1. The van der Waals surface area contributed by atoms with Crippen molar-refractivity contribution >= 4 is 21.6 Å². The lowest BCUT2D eigenvalue weighted by Gasteiger charge is -2.12. The molecule has 0 unspecified atom stereocenters. The number of hydrogen-bond donors (Lipinski definition) is 0. The lowest BCUT2D eigenvalue weighted by atomic mass is 10.2. The number of aromatic nitrogens is 5. The SMILES string of the molecule is COc1ccc2c(c1)CN(C(=O)c1cn(Cc3cn4cc(C5CC5)ccc4n3)nn1)S2(=O)=O. The number of sulfonamides is 1. The van der Waals surface area contributed by atoms with E-state index in [2.05, 4.69) is 27.6 Å². The van der Waals surface area contributed by atoms with Gasteiger partial charge in [0.1, 0.15) is 11.4 Å². The first-order valence-corrected chi connectivity index (χ1v) is 12.0. The topological polar surface area (TPSA) is 112 Å². The van der Waals surface area contributed by atoms with Gasteiger partial charge in [0.2, 0.25) is 0 Å². The highest BCUT2D eigenvalue weighted by Crippen LogP contribution is 2.40. The van der Waals surface area contributed by atoms with Crippen molar-refractivity contribution in [3.05, 3.63) is 71.4 Å². The van der Waals surface area contributed by atoms with Crippen molar-refractivity contribution in [2.24, 2.45) is 0 Å². The van der Waals surface area contributed by atoms with Crippen molar-refractivity contribution in [1.82, 2.24) is 28.7 Å². The van der Waals surface area contributed by atoms with E-state index in [1.807, 2.05) is 16.7 Å². The molecule has 6 rings (SSSR count). The molecule has 168 valence electrons. The average molecular weight is 465 g/mol. The number of pyridine rings is 1. The fraction of sp³-hybridized carbons (Fsp3) is 0.273. The van der Waals surface area contributed by atoms with Gasteiger partial charge in [-0.05, 0) is 54.2 Å². The summed E-state index contributed by atoms with van der Waals surface area (Å²) in [7, 11) is -2.45. The van der Waals surface area contributed by atoms with Crippen LogP contribution in [-0.4, -0.2) is 50.1 Å². The Hall–Kier alpha value is -3.73. The molecule has 2 aliphatic rings. The third-order valence-electron chi connectivity index (χ3n) is 6.03. The van der Waals surface area contributed by atoms with Crippen LogP contribution in [0.15, 0.2) is 53.8 Å². The first kappa shape index (κ1) is 19.9. The zero-order valence-electron chi connectivity index (χ0n) is 17.7. The zero-order valence-corrected chi connectivity index (χ0v) is 18.6. The monoisotopic (exact) mass is 464 g/mol. The van der Waals surface area contributed by atoms with E-state index < -0.39 is 15.9 Å². The molecular weight excluding hydrogens is 444 g/mol. The number of amides is 1. The number of ether oxygens (including phenoxy) is 1. The highest BCUT2D eigenvalue weighted by Gasteiger charge is 2.39. The van der Waals surface area contributed by atoms with Crippen LogP contribution >= 0.6 is 0 Å². The highest BCUT2D eigenvalue weighted by atomic mass is 32.2. The minimum Gasteiger partial charge on any atom is -0.497 e. The average Bonchev–Trinajstić information content (AvgIpc) is 3.32. The molecule has 10 nitrogen and oxygen atoms in total. The Morgan fingerprint density at radius 1 is 1.15 bits per heavy atom. The number of benzene rings is 1. The molecule has 1 amide bonds. The van der Waals surface area contributed by atoms with E-state index in [0.29, 0.717) is 23.8 Å². The summed E-state index contributed by atoms with van der Waals surface area (Å²) in [5, 5.41) is 7.93. The Labute approximate surface area is 189 Å². The Kier molecular flexibility index (Phi) is 4.31.